The highest BCUT2D eigenvalue weighted by Gasteiger charge is 2.39. The van der Waals surface area contributed by atoms with Crippen molar-refractivity contribution in [1.29, 1.82) is 0 Å². The second-order valence-corrected chi connectivity index (χ2v) is 37.1. The predicted molar refractivity (Wildman–Crippen MR) is 360 cm³/mol. The Morgan fingerprint density at radius 2 is 0.512 bits per heavy atom. The molecule has 490 valence electrons. The van der Waals surface area contributed by atoms with E-state index in [4.69, 9.17) is 0 Å². The number of imidazole rings is 3. The van der Waals surface area contributed by atoms with Crippen LogP contribution in [0.25, 0.3) is 0 Å². The third kappa shape index (κ3) is 33.3. The number of carbonyl (C=O) groups excluding carboxylic acids is 6. The van der Waals surface area contributed by atoms with Crippen molar-refractivity contribution in [2.45, 2.75) is 140 Å². The molecular formula is C63H123N14O6P3+6. The van der Waals surface area contributed by atoms with Crippen LogP contribution in [0.1, 0.15) is 120 Å². The van der Waals surface area contributed by atoms with E-state index in [1.54, 1.807) is 0 Å². The zero-order valence-corrected chi connectivity index (χ0v) is 58.7. The number of carbonyl (C=O) groups is 6. The van der Waals surface area contributed by atoms with Gasteiger partial charge in [0.05, 0.1) is 76.6 Å². The Balaban J connectivity index is 0.000000607. The van der Waals surface area contributed by atoms with E-state index in [1.807, 2.05) is 105 Å². The summed E-state index contributed by atoms with van der Waals surface area (Å²) >= 11 is 0. The number of aromatic nitrogens is 6. The number of nitrogens with one attached hydrogen (secondary N) is 6. The molecule has 3 heterocycles. The number of nitrogens with zero attached hydrogens (tertiary/aromatic N) is 8. The Bertz CT molecular complexity index is 2060. The van der Waals surface area contributed by atoms with Crippen molar-refractivity contribution in [3.05, 3.63) is 56.2 Å². The highest BCUT2D eigenvalue weighted by Crippen LogP contribution is 2.61. The van der Waals surface area contributed by atoms with Gasteiger partial charge < -0.3 is 31.9 Å². The van der Waals surface area contributed by atoms with Gasteiger partial charge in [-0.1, -0.05) is 62.3 Å². The van der Waals surface area contributed by atoms with Crippen molar-refractivity contribution in [2.75, 3.05) is 152 Å². The van der Waals surface area contributed by atoms with Gasteiger partial charge in [0.1, 0.15) is 55.7 Å². The van der Waals surface area contributed by atoms with Crippen LogP contribution in [0, 0.1) is 0 Å². The fraction of sp³-hybridized carbons (Fsp3) is 0.762. The van der Waals surface area contributed by atoms with Gasteiger partial charge in [-0.25, -0.2) is 27.4 Å². The van der Waals surface area contributed by atoms with Gasteiger partial charge in [0, 0.05) is 100 Å². The molecule has 0 bridgehead atoms. The summed E-state index contributed by atoms with van der Waals surface area (Å²) < 4.78 is 11.1. The van der Waals surface area contributed by atoms with Crippen molar-refractivity contribution in [3.8, 4) is 0 Å². The van der Waals surface area contributed by atoms with E-state index in [0.717, 1.165) is 77.4 Å². The molecule has 0 atom stereocenters. The molecule has 0 unspecified atom stereocenters. The SMILES string of the molecule is CCC[P+](CCC)(CCC)CC(=O)NCCN(CCNC(=O)C[P+](CCC)(CCC)CCC)CCNC(=O)C[P+](CCC)(CCC)CCC.C[n+]1ccn(CC(=O)NCCN(CCNC(=O)Cn2cc[n+](C)c2)CCNC(=O)Cn2cc[n+](C)c2)c1. The fourth-order valence-corrected chi connectivity index (χ4v) is 26.4. The summed E-state index contributed by atoms with van der Waals surface area (Å²) in [6, 6.07) is 0. The molecule has 0 aliphatic carbocycles. The lowest BCUT2D eigenvalue weighted by Crippen LogP contribution is -2.44. The number of hydrogen-bond donors (Lipinski definition) is 6. The molecular weight excluding hydrogens is 1140 g/mol. The summed E-state index contributed by atoms with van der Waals surface area (Å²) in [6.07, 6.45) is 40.2. The summed E-state index contributed by atoms with van der Waals surface area (Å²) in [5.74, 6) is 0.400. The standard InChI is InChI=1S/C39H81N4O3P3.C24H36N10O3/c1-10-25-47(26-11-2,27-12-3)34-37(44)40-19-22-43(23-20-41-38(45)35-48(28-13-4,29-14-5)30-15-6)24-21-42-39(46)36-49(31-16-7,32-17-8)33-18-9;1-28-10-13-32(19-28)16-22(35)25-4-7-31(8-5-26-23(36)17-33-14-11-29(2)20-33)9-6-27-24(37)18-34-15-12-30(3)21-34/h10-36H2,1-9H3;10-15,19-21H,4-9,16-18H2,1-3H3/p+6. The first-order valence-corrected chi connectivity index (χ1v) is 40.5. The molecule has 20 nitrogen and oxygen atoms in total. The minimum Gasteiger partial charge on any atom is -0.352 e. The van der Waals surface area contributed by atoms with E-state index in [2.05, 4.69) is 104 Å². The van der Waals surface area contributed by atoms with E-state index >= 15 is 0 Å². The van der Waals surface area contributed by atoms with Crippen LogP contribution in [-0.4, -0.2) is 211 Å². The Morgan fingerprint density at radius 1 is 0.326 bits per heavy atom. The van der Waals surface area contributed by atoms with E-state index in [1.165, 1.54) is 55.5 Å². The lowest BCUT2D eigenvalue weighted by Gasteiger charge is -2.28. The second-order valence-electron chi connectivity index (χ2n) is 24.0. The van der Waals surface area contributed by atoms with Crippen LogP contribution < -0.4 is 45.6 Å². The maximum atomic E-state index is 13.2. The van der Waals surface area contributed by atoms with Gasteiger partial charge >= 0.3 is 0 Å². The average molecular weight is 1270 g/mol. The Labute approximate surface area is 522 Å². The van der Waals surface area contributed by atoms with Gasteiger partial charge in [0.15, 0.2) is 19.6 Å². The maximum absolute atomic E-state index is 13.2. The van der Waals surface area contributed by atoms with E-state index in [9.17, 15) is 28.8 Å². The van der Waals surface area contributed by atoms with Gasteiger partial charge in [-0.15, -0.1) is 0 Å². The normalized spacial score (nSPS) is 11.8. The predicted octanol–water partition coefficient (Wildman–Crippen LogP) is 5.00. The van der Waals surface area contributed by atoms with Gasteiger partial charge in [-0.3, -0.25) is 38.6 Å². The highest BCUT2D eigenvalue weighted by atomic mass is 31.2. The van der Waals surface area contributed by atoms with Crippen molar-refractivity contribution in [3.63, 3.8) is 0 Å². The van der Waals surface area contributed by atoms with Gasteiger partial charge in [0.25, 0.3) is 35.4 Å². The van der Waals surface area contributed by atoms with E-state index in [0.29, 0.717) is 77.4 Å². The Morgan fingerprint density at radius 3 is 0.674 bits per heavy atom. The van der Waals surface area contributed by atoms with Gasteiger partial charge in [-0.05, 0) is 57.8 Å². The summed E-state index contributed by atoms with van der Waals surface area (Å²) in [6.45, 7) is 28.2. The molecule has 6 amide bonds. The topological polar surface area (TPSA) is 208 Å². The Hall–Kier alpha value is -4.34. The molecule has 86 heavy (non-hydrogen) atoms. The van der Waals surface area contributed by atoms with Gasteiger partial charge in [-0.2, -0.15) is 0 Å². The first-order valence-electron chi connectivity index (χ1n) is 32.9. The summed E-state index contributed by atoms with van der Waals surface area (Å²) in [7, 11) is 1.95. The molecule has 0 aliphatic heterocycles. The van der Waals surface area contributed by atoms with Crippen LogP contribution in [0.15, 0.2) is 56.2 Å². The van der Waals surface area contributed by atoms with Crippen LogP contribution in [0.5, 0.6) is 0 Å². The monoisotopic (exact) mass is 1260 g/mol. The minimum absolute atomic E-state index is 0.0717. The third-order valence-corrected chi connectivity index (χ3v) is 31.1. The third-order valence-electron chi connectivity index (χ3n) is 15.7. The quantitative estimate of drug-likeness (QED) is 0.0335. The average Bonchev–Trinajstić information content (AvgIpc) is 3.98. The largest absolute Gasteiger partial charge is 0.352 e. The molecule has 3 rings (SSSR count). The first kappa shape index (κ1) is 77.8. The lowest BCUT2D eigenvalue weighted by molar-refractivity contribution is -0.671. The first-order chi connectivity index (χ1) is 41.3. The van der Waals surface area contributed by atoms with Crippen molar-refractivity contribution < 1.29 is 42.5 Å². The molecule has 23 heteroatoms. The second kappa shape index (κ2) is 45.0. The van der Waals surface area contributed by atoms with Crippen LogP contribution >= 0.6 is 21.8 Å². The van der Waals surface area contributed by atoms with E-state index in [-0.39, 0.29) is 55.1 Å². The highest BCUT2D eigenvalue weighted by molar-refractivity contribution is 7.77. The molecule has 3 aromatic rings. The van der Waals surface area contributed by atoms with E-state index < -0.39 is 21.8 Å². The number of aryl methyl sites for hydroxylation is 3. The smallest absolute Gasteiger partial charge is 0.262 e. The molecule has 0 aliphatic rings. The van der Waals surface area contributed by atoms with Crippen molar-refractivity contribution in [1.82, 2.24) is 55.4 Å². The molecule has 0 radical (unpaired) electrons. The summed E-state index contributed by atoms with van der Waals surface area (Å²) in [5, 5.41) is 18.6. The molecule has 3 aromatic heterocycles. The number of hydrogen-bond acceptors (Lipinski definition) is 8. The summed E-state index contributed by atoms with van der Waals surface area (Å²) in [5.41, 5.74) is 0. The molecule has 0 saturated heterocycles. The summed E-state index contributed by atoms with van der Waals surface area (Å²) in [4.78, 5) is 81.0. The molecule has 0 saturated carbocycles. The van der Waals surface area contributed by atoms with Crippen LogP contribution in [0.3, 0.4) is 0 Å². The van der Waals surface area contributed by atoms with Gasteiger partial charge in [0.2, 0.25) is 19.0 Å². The maximum Gasteiger partial charge on any atom is 0.262 e. The van der Waals surface area contributed by atoms with Crippen LogP contribution in [-0.2, 0) is 69.5 Å². The molecule has 0 aromatic carbocycles. The molecule has 0 spiro atoms. The minimum atomic E-state index is -1.25. The van der Waals surface area contributed by atoms with Crippen molar-refractivity contribution in [2.24, 2.45) is 21.1 Å². The van der Waals surface area contributed by atoms with Crippen molar-refractivity contribution >= 4 is 57.2 Å². The molecule has 0 fully saturated rings. The Kier molecular flexibility index (Phi) is 40.7. The number of amides is 6. The van der Waals surface area contributed by atoms with Crippen LogP contribution in [0.2, 0.25) is 0 Å². The molecule has 6 N–H and O–H groups in total. The number of rotatable bonds is 48. The zero-order valence-electron chi connectivity index (χ0n) is 56.0. The lowest BCUT2D eigenvalue weighted by atomic mass is 10.4. The zero-order chi connectivity index (χ0) is 63.6. The fourth-order valence-electron chi connectivity index (χ4n) is 12.3. The van der Waals surface area contributed by atoms with Crippen LogP contribution in [0.4, 0.5) is 0 Å².